The van der Waals surface area contributed by atoms with Gasteiger partial charge in [0.1, 0.15) is 5.75 Å². The lowest BCUT2D eigenvalue weighted by atomic mass is 10.1. The van der Waals surface area contributed by atoms with Crippen LogP contribution < -0.4 is 5.32 Å². The highest BCUT2D eigenvalue weighted by molar-refractivity contribution is 5.79. The number of phenols is 1. The Morgan fingerprint density at radius 3 is 2.82 bits per heavy atom. The lowest BCUT2D eigenvalue weighted by Crippen LogP contribution is -2.59. The molecule has 0 aromatic heterocycles. The van der Waals surface area contributed by atoms with Crippen LogP contribution in [0.2, 0.25) is 0 Å². The summed E-state index contributed by atoms with van der Waals surface area (Å²) in [5.74, 6) is 0.341. The van der Waals surface area contributed by atoms with Crippen LogP contribution in [-0.2, 0) is 11.2 Å². The first-order valence-electron chi connectivity index (χ1n) is 5.98. The zero-order valence-corrected chi connectivity index (χ0v) is 10.0. The van der Waals surface area contributed by atoms with Crippen molar-refractivity contribution in [1.29, 1.82) is 0 Å². The third-order valence-electron chi connectivity index (χ3n) is 3.13. The molecule has 1 aliphatic heterocycles. The predicted molar refractivity (Wildman–Crippen MR) is 65.9 cm³/mol. The summed E-state index contributed by atoms with van der Waals surface area (Å²) in [6.45, 7) is 4.52. The molecule has 92 valence electrons. The van der Waals surface area contributed by atoms with E-state index in [9.17, 15) is 9.90 Å². The van der Waals surface area contributed by atoms with Crippen molar-refractivity contribution in [1.82, 2.24) is 10.2 Å². The molecule has 0 aliphatic carbocycles. The number of carbonyl (C=O) groups is 1. The molecule has 1 saturated heterocycles. The van der Waals surface area contributed by atoms with Crippen molar-refractivity contribution in [2.45, 2.75) is 19.4 Å². The molecule has 2 N–H and O–H groups in total. The van der Waals surface area contributed by atoms with Crippen LogP contribution >= 0.6 is 0 Å². The lowest BCUT2D eigenvalue weighted by molar-refractivity contribution is -0.133. The fourth-order valence-electron chi connectivity index (χ4n) is 2.07. The van der Waals surface area contributed by atoms with Gasteiger partial charge in [0.15, 0.2) is 0 Å². The van der Waals surface area contributed by atoms with Gasteiger partial charge in [0, 0.05) is 19.6 Å². The molecule has 1 heterocycles. The molecule has 1 aliphatic rings. The summed E-state index contributed by atoms with van der Waals surface area (Å²) in [5.41, 5.74) is 0.862. The predicted octanol–water partition coefficient (Wildman–Crippen LogP) is 0.755. The van der Waals surface area contributed by atoms with Crippen LogP contribution in [0.4, 0.5) is 0 Å². The van der Waals surface area contributed by atoms with Gasteiger partial charge in [-0.15, -0.1) is 0 Å². The summed E-state index contributed by atoms with van der Waals surface area (Å²) in [6.07, 6.45) is 0.360. The van der Waals surface area contributed by atoms with Gasteiger partial charge in [-0.25, -0.2) is 0 Å². The number of nitrogens with one attached hydrogen (secondary N) is 1. The highest BCUT2D eigenvalue weighted by Crippen LogP contribution is 2.13. The Hall–Kier alpha value is -1.55. The lowest BCUT2D eigenvalue weighted by Gasteiger charge is -2.37. The molecule has 0 atom stereocenters. The molecule has 2 rings (SSSR count). The molecule has 0 unspecified atom stereocenters. The minimum absolute atomic E-state index is 0.129. The summed E-state index contributed by atoms with van der Waals surface area (Å²) in [5, 5.41) is 12.5. The van der Waals surface area contributed by atoms with Crippen molar-refractivity contribution in [2.24, 2.45) is 0 Å². The number of carbonyl (C=O) groups excluding carboxylic acids is 1. The molecule has 0 spiro atoms. The maximum absolute atomic E-state index is 12.1. The summed E-state index contributed by atoms with van der Waals surface area (Å²) < 4.78 is 0. The highest BCUT2D eigenvalue weighted by atomic mass is 16.3. The van der Waals surface area contributed by atoms with Crippen molar-refractivity contribution < 1.29 is 9.90 Å². The molecule has 1 fully saturated rings. The van der Waals surface area contributed by atoms with E-state index < -0.39 is 0 Å². The molecular formula is C13H18N2O2. The van der Waals surface area contributed by atoms with Gasteiger partial charge in [0.2, 0.25) is 5.91 Å². The zero-order valence-electron chi connectivity index (χ0n) is 10.0. The van der Waals surface area contributed by atoms with Gasteiger partial charge in [-0.3, -0.25) is 4.79 Å². The molecule has 0 radical (unpaired) electrons. The molecule has 4 nitrogen and oxygen atoms in total. The van der Waals surface area contributed by atoms with Crippen molar-refractivity contribution in [3.8, 4) is 5.75 Å². The largest absolute Gasteiger partial charge is 0.508 e. The number of aromatic hydroxyl groups is 1. The molecule has 17 heavy (non-hydrogen) atoms. The third kappa shape index (κ3) is 2.77. The Kier molecular flexibility index (Phi) is 3.64. The Labute approximate surface area is 101 Å². The Morgan fingerprint density at radius 1 is 1.53 bits per heavy atom. The maximum atomic E-state index is 12.1. The first kappa shape index (κ1) is 11.9. The van der Waals surface area contributed by atoms with E-state index in [0.29, 0.717) is 12.5 Å². The Balaban J connectivity index is 1.99. The Morgan fingerprint density at radius 2 is 2.29 bits per heavy atom. The second kappa shape index (κ2) is 5.19. The molecule has 1 amide bonds. The highest BCUT2D eigenvalue weighted by Gasteiger charge is 2.26. The van der Waals surface area contributed by atoms with Crippen LogP contribution in [0.15, 0.2) is 24.3 Å². The van der Waals surface area contributed by atoms with Crippen LogP contribution in [0, 0.1) is 0 Å². The second-order valence-corrected chi connectivity index (χ2v) is 4.34. The van der Waals surface area contributed by atoms with Crippen molar-refractivity contribution in [3.05, 3.63) is 29.8 Å². The zero-order chi connectivity index (χ0) is 12.3. The van der Waals surface area contributed by atoms with E-state index in [-0.39, 0.29) is 11.7 Å². The van der Waals surface area contributed by atoms with Gasteiger partial charge in [0.05, 0.1) is 12.5 Å². The number of hydrogen-bond donors (Lipinski definition) is 2. The average Bonchev–Trinajstić information content (AvgIpc) is 2.22. The van der Waals surface area contributed by atoms with Gasteiger partial charge >= 0.3 is 0 Å². The topological polar surface area (TPSA) is 52.6 Å². The molecule has 4 heteroatoms. The molecular weight excluding hydrogens is 216 g/mol. The minimum Gasteiger partial charge on any atom is -0.508 e. The van der Waals surface area contributed by atoms with Gasteiger partial charge in [-0.05, 0) is 24.6 Å². The SMILES string of the molecule is CCN(C(=O)Cc1cccc(O)c1)C1CNC1. The van der Waals surface area contributed by atoms with Gasteiger partial charge in [-0.2, -0.15) is 0 Å². The van der Waals surface area contributed by atoms with Crippen molar-refractivity contribution in [2.75, 3.05) is 19.6 Å². The summed E-state index contributed by atoms with van der Waals surface area (Å²) in [4.78, 5) is 14.0. The number of rotatable bonds is 4. The van der Waals surface area contributed by atoms with Crippen LogP contribution in [0.3, 0.4) is 0 Å². The van der Waals surface area contributed by atoms with E-state index in [0.717, 1.165) is 25.2 Å². The van der Waals surface area contributed by atoms with Crippen molar-refractivity contribution in [3.63, 3.8) is 0 Å². The number of benzene rings is 1. The minimum atomic E-state index is 0.129. The molecule has 0 saturated carbocycles. The Bertz CT molecular complexity index is 402. The number of hydrogen-bond acceptors (Lipinski definition) is 3. The van der Waals surface area contributed by atoms with Gasteiger partial charge in [-0.1, -0.05) is 12.1 Å². The quantitative estimate of drug-likeness (QED) is 0.808. The van der Waals surface area contributed by atoms with Crippen LogP contribution in [-0.4, -0.2) is 41.6 Å². The first-order chi connectivity index (χ1) is 8.20. The average molecular weight is 234 g/mol. The maximum Gasteiger partial charge on any atom is 0.227 e. The van der Waals surface area contributed by atoms with Gasteiger partial charge in [0.25, 0.3) is 0 Å². The van der Waals surface area contributed by atoms with Crippen LogP contribution in [0.5, 0.6) is 5.75 Å². The van der Waals surface area contributed by atoms with E-state index in [1.807, 2.05) is 17.9 Å². The second-order valence-electron chi connectivity index (χ2n) is 4.34. The van der Waals surface area contributed by atoms with Crippen molar-refractivity contribution >= 4 is 5.91 Å². The summed E-state index contributed by atoms with van der Waals surface area (Å²) in [7, 11) is 0. The van der Waals surface area contributed by atoms with Crippen LogP contribution in [0.25, 0.3) is 0 Å². The number of likely N-dealkylation sites (N-methyl/N-ethyl adjacent to an activating group) is 1. The monoisotopic (exact) mass is 234 g/mol. The number of phenolic OH excluding ortho intramolecular Hbond substituents is 1. The number of amides is 1. The summed E-state index contributed by atoms with van der Waals surface area (Å²) in [6, 6.07) is 7.22. The number of nitrogens with zero attached hydrogens (tertiary/aromatic N) is 1. The van der Waals surface area contributed by atoms with Crippen LogP contribution in [0.1, 0.15) is 12.5 Å². The van der Waals surface area contributed by atoms with Gasteiger partial charge < -0.3 is 15.3 Å². The van der Waals surface area contributed by atoms with E-state index in [4.69, 9.17) is 0 Å². The fourth-order valence-corrected chi connectivity index (χ4v) is 2.07. The molecule has 1 aromatic rings. The van der Waals surface area contributed by atoms with E-state index in [1.54, 1.807) is 18.2 Å². The molecule has 0 bridgehead atoms. The smallest absolute Gasteiger partial charge is 0.227 e. The van der Waals surface area contributed by atoms with E-state index >= 15 is 0 Å². The summed E-state index contributed by atoms with van der Waals surface area (Å²) >= 11 is 0. The standard InChI is InChI=1S/C13H18N2O2/c1-2-15(11-8-14-9-11)13(17)7-10-4-3-5-12(16)6-10/h3-6,11,14,16H,2,7-9H2,1H3. The fraction of sp³-hybridized carbons (Fsp3) is 0.462. The molecule has 1 aromatic carbocycles. The van der Waals surface area contributed by atoms with E-state index in [1.165, 1.54) is 0 Å². The third-order valence-corrected chi connectivity index (χ3v) is 3.13. The normalized spacial score (nSPS) is 15.4. The first-order valence-corrected chi connectivity index (χ1v) is 5.98. The van der Waals surface area contributed by atoms with E-state index in [2.05, 4.69) is 5.32 Å².